The average Bonchev–Trinajstić information content (AvgIpc) is 3.03. The third kappa shape index (κ3) is 5.88. The molecule has 1 atom stereocenters. The summed E-state index contributed by atoms with van der Waals surface area (Å²) in [5.74, 6) is 0.385. The van der Waals surface area contributed by atoms with Gasteiger partial charge in [-0.15, -0.1) is 0 Å². The summed E-state index contributed by atoms with van der Waals surface area (Å²) in [5.41, 5.74) is 7.35. The molecule has 1 fully saturated rings. The van der Waals surface area contributed by atoms with E-state index in [1.165, 1.54) is 5.57 Å². The second-order valence-corrected chi connectivity index (χ2v) is 8.10. The monoisotopic (exact) mass is 374 g/mol. The zero-order valence-corrected chi connectivity index (χ0v) is 17.3. The van der Waals surface area contributed by atoms with Crippen LogP contribution in [0.15, 0.2) is 36.2 Å². The predicted molar refractivity (Wildman–Crippen MR) is 109 cm³/mol. The van der Waals surface area contributed by atoms with Gasteiger partial charge in [-0.05, 0) is 58.4 Å². The Bertz CT molecular complexity index is 677. The van der Waals surface area contributed by atoms with E-state index < -0.39 is 5.60 Å². The Morgan fingerprint density at radius 2 is 2.07 bits per heavy atom. The third-order valence-corrected chi connectivity index (χ3v) is 4.77. The maximum absolute atomic E-state index is 12.3. The SMILES string of the molecule is C/C=C(\C=C/CC)C(C1CCN(C(=O)OC(C)(C)C)CC1)n1cc(N)cn1. The highest BCUT2D eigenvalue weighted by atomic mass is 16.6. The lowest BCUT2D eigenvalue weighted by atomic mass is 9.85. The highest BCUT2D eigenvalue weighted by molar-refractivity contribution is 5.68. The van der Waals surface area contributed by atoms with E-state index in [2.05, 4.69) is 37.2 Å². The summed E-state index contributed by atoms with van der Waals surface area (Å²) in [6.07, 6.45) is 12.7. The number of likely N-dealkylation sites (tertiary alicyclic amines) is 1. The van der Waals surface area contributed by atoms with Crippen molar-refractivity contribution in [3.8, 4) is 0 Å². The normalized spacial score (nSPS) is 18.1. The number of amides is 1. The first-order chi connectivity index (χ1) is 12.7. The smallest absolute Gasteiger partial charge is 0.410 e. The third-order valence-electron chi connectivity index (χ3n) is 4.77. The largest absolute Gasteiger partial charge is 0.444 e. The number of rotatable bonds is 5. The molecule has 0 aromatic carbocycles. The van der Waals surface area contributed by atoms with Crippen LogP contribution in [0.1, 0.15) is 59.9 Å². The lowest BCUT2D eigenvalue weighted by Crippen LogP contribution is -2.43. The molecule has 1 amide bonds. The summed E-state index contributed by atoms with van der Waals surface area (Å²) < 4.78 is 7.48. The summed E-state index contributed by atoms with van der Waals surface area (Å²) in [7, 11) is 0. The Labute approximate surface area is 163 Å². The lowest BCUT2D eigenvalue weighted by Gasteiger charge is -2.37. The van der Waals surface area contributed by atoms with Gasteiger partial charge in [-0.1, -0.05) is 25.2 Å². The number of anilines is 1. The molecular formula is C21H34N4O2. The number of carbonyl (C=O) groups is 1. The van der Waals surface area contributed by atoms with E-state index in [1.807, 2.05) is 36.5 Å². The molecule has 6 heteroatoms. The maximum atomic E-state index is 12.3. The van der Waals surface area contributed by atoms with Crippen LogP contribution in [-0.4, -0.2) is 39.5 Å². The topological polar surface area (TPSA) is 73.4 Å². The molecule has 2 heterocycles. The van der Waals surface area contributed by atoms with Crippen LogP contribution in [0.2, 0.25) is 0 Å². The number of hydrogen-bond acceptors (Lipinski definition) is 4. The molecule has 1 aliphatic heterocycles. The van der Waals surface area contributed by atoms with Crippen molar-refractivity contribution < 1.29 is 9.53 Å². The highest BCUT2D eigenvalue weighted by Gasteiger charge is 2.32. The molecule has 1 aliphatic rings. The highest BCUT2D eigenvalue weighted by Crippen LogP contribution is 2.35. The van der Waals surface area contributed by atoms with E-state index in [0.717, 1.165) is 19.3 Å². The van der Waals surface area contributed by atoms with E-state index in [1.54, 1.807) is 6.20 Å². The van der Waals surface area contributed by atoms with Crippen LogP contribution in [0.3, 0.4) is 0 Å². The number of allylic oxidation sites excluding steroid dienone is 4. The standard InChI is InChI=1S/C21H34N4O2/c1-6-8-9-16(7-2)19(25-15-18(22)14-23-25)17-10-12-24(13-11-17)20(26)27-21(3,4)5/h7-9,14-15,17,19H,6,10-13,22H2,1-5H3/b9-8-,16-7+. The molecule has 2 rings (SSSR count). The second kappa shape index (κ2) is 9.11. The maximum Gasteiger partial charge on any atom is 0.410 e. The molecular weight excluding hydrogens is 340 g/mol. The molecule has 0 spiro atoms. The Morgan fingerprint density at radius 3 is 2.56 bits per heavy atom. The minimum absolute atomic E-state index is 0.121. The van der Waals surface area contributed by atoms with Crippen molar-refractivity contribution in [3.63, 3.8) is 0 Å². The molecule has 27 heavy (non-hydrogen) atoms. The first kappa shape index (κ1) is 21.1. The van der Waals surface area contributed by atoms with Gasteiger partial charge in [0, 0.05) is 19.3 Å². The predicted octanol–water partition coefficient (Wildman–Crippen LogP) is 4.57. The van der Waals surface area contributed by atoms with Gasteiger partial charge in [0.2, 0.25) is 0 Å². The van der Waals surface area contributed by atoms with Gasteiger partial charge in [0.05, 0.1) is 17.9 Å². The molecule has 1 aromatic heterocycles. The number of ether oxygens (including phenoxy) is 1. The number of nitrogens with two attached hydrogens (primary N) is 1. The minimum atomic E-state index is -0.466. The Hall–Kier alpha value is -2.24. The first-order valence-corrected chi connectivity index (χ1v) is 9.85. The van der Waals surface area contributed by atoms with Crippen molar-refractivity contribution >= 4 is 11.8 Å². The van der Waals surface area contributed by atoms with Gasteiger partial charge in [-0.2, -0.15) is 5.10 Å². The molecule has 6 nitrogen and oxygen atoms in total. The van der Waals surface area contributed by atoms with E-state index >= 15 is 0 Å². The molecule has 1 saturated heterocycles. The summed E-state index contributed by atoms with van der Waals surface area (Å²) in [5, 5.41) is 4.48. The van der Waals surface area contributed by atoms with Crippen molar-refractivity contribution in [2.45, 2.75) is 65.5 Å². The van der Waals surface area contributed by atoms with Crippen LogP contribution in [-0.2, 0) is 4.74 Å². The molecule has 2 N–H and O–H groups in total. The fourth-order valence-electron chi connectivity index (χ4n) is 3.49. The van der Waals surface area contributed by atoms with Gasteiger partial charge >= 0.3 is 6.09 Å². The van der Waals surface area contributed by atoms with Crippen molar-refractivity contribution in [1.82, 2.24) is 14.7 Å². The number of hydrogen-bond donors (Lipinski definition) is 1. The van der Waals surface area contributed by atoms with Crippen LogP contribution >= 0.6 is 0 Å². The number of piperidine rings is 1. The van der Waals surface area contributed by atoms with E-state index in [0.29, 0.717) is 24.7 Å². The quantitative estimate of drug-likeness (QED) is 0.767. The Morgan fingerprint density at radius 1 is 1.41 bits per heavy atom. The number of carbonyl (C=O) groups excluding carboxylic acids is 1. The number of nitrogens with zero attached hydrogens (tertiary/aromatic N) is 3. The van der Waals surface area contributed by atoms with Gasteiger partial charge < -0.3 is 15.4 Å². The molecule has 1 unspecified atom stereocenters. The van der Waals surface area contributed by atoms with Crippen LogP contribution in [0, 0.1) is 5.92 Å². The molecule has 0 aliphatic carbocycles. The fraction of sp³-hybridized carbons (Fsp3) is 0.619. The van der Waals surface area contributed by atoms with Crippen molar-refractivity contribution in [1.29, 1.82) is 0 Å². The molecule has 0 bridgehead atoms. The average molecular weight is 375 g/mol. The van der Waals surface area contributed by atoms with Crippen LogP contribution in [0.5, 0.6) is 0 Å². The summed E-state index contributed by atoms with van der Waals surface area (Å²) >= 11 is 0. The van der Waals surface area contributed by atoms with Gasteiger partial charge in [-0.3, -0.25) is 4.68 Å². The second-order valence-electron chi connectivity index (χ2n) is 8.10. The van der Waals surface area contributed by atoms with Gasteiger partial charge in [0.15, 0.2) is 0 Å². The summed E-state index contributed by atoms with van der Waals surface area (Å²) in [4.78, 5) is 14.2. The molecule has 1 aromatic rings. The van der Waals surface area contributed by atoms with E-state index in [-0.39, 0.29) is 12.1 Å². The molecule has 0 saturated carbocycles. The summed E-state index contributed by atoms with van der Waals surface area (Å²) in [6, 6.07) is 0.121. The fourth-order valence-corrected chi connectivity index (χ4v) is 3.49. The lowest BCUT2D eigenvalue weighted by molar-refractivity contribution is 0.0167. The zero-order chi connectivity index (χ0) is 20.0. The van der Waals surface area contributed by atoms with E-state index in [9.17, 15) is 4.79 Å². The molecule has 150 valence electrons. The minimum Gasteiger partial charge on any atom is -0.444 e. The number of aromatic nitrogens is 2. The summed E-state index contributed by atoms with van der Waals surface area (Å²) in [6.45, 7) is 11.3. The van der Waals surface area contributed by atoms with Crippen molar-refractivity contribution in [2.75, 3.05) is 18.8 Å². The van der Waals surface area contributed by atoms with Gasteiger partial charge in [0.1, 0.15) is 5.60 Å². The van der Waals surface area contributed by atoms with Crippen molar-refractivity contribution in [2.24, 2.45) is 5.92 Å². The Balaban J connectivity index is 2.14. The molecule has 0 radical (unpaired) electrons. The van der Waals surface area contributed by atoms with E-state index in [4.69, 9.17) is 10.5 Å². The number of nitrogen functional groups attached to an aromatic ring is 1. The van der Waals surface area contributed by atoms with Crippen LogP contribution in [0.4, 0.5) is 10.5 Å². The first-order valence-electron chi connectivity index (χ1n) is 9.85. The van der Waals surface area contributed by atoms with Gasteiger partial charge in [0.25, 0.3) is 0 Å². The van der Waals surface area contributed by atoms with Crippen LogP contribution in [0.25, 0.3) is 0 Å². The van der Waals surface area contributed by atoms with Gasteiger partial charge in [-0.25, -0.2) is 4.79 Å². The van der Waals surface area contributed by atoms with Crippen molar-refractivity contribution in [3.05, 3.63) is 36.2 Å². The zero-order valence-electron chi connectivity index (χ0n) is 17.3. The Kier molecular flexibility index (Phi) is 7.11. The van der Waals surface area contributed by atoms with Crippen LogP contribution < -0.4 is 5.73 Å².